The predicted octanol–water partition coefficient (Wildman–Crippen LogP) is 5.71. The van der Waals surface area contributed by atoms with Gasteiger partial charge in [0, 0.05) is 6.04 Å². The van der Waals surface area contributed by atoms with Gasteiger partial charge in [0.05, 0.1) is 11.1 Å². The fourth-order valence-corrected chi connectivity index (χ4v) is 3.30. The Morgan fingerprint density at radius 2 is 1.95 bits per heavy atom. The molecule has 1 aromatic carbocycles. The van der Waals surface area contributed by atoms with Crippen molar-refractivity contribution in [3.63, 3.8) is 0 Å². The lowest BCUT2D eigenvalue weighted by molar-refractivity contribution is 0.314. The van der Waals surface area contributed by atoms with Crippen molar-refractivity contribution >= 4 is 15.9 Å². The summed E-state index contributed by atoms with van der Waals surface area (Å²) in [5.41, 5.74) is 1.34. The van der Waals surface area contributed by atoms with Crippen LogP contribution in [0, 0.1) is 5.92 Å². The summed E-state index contributed by atoms with van der Waals surface area (Å²) in [5, 5.41) is 3.51. The fraction of sp³-hybridized carbons (Fsp3) is 0.667. The molecule has 0 heterocycles. The molecule has 0 aliphatic rings. The average molecular weight is 356 g/mol. The summed E-state index contributed by atoms with van der Waals surface area (Å²) in [4.78, 5) is 0. The SMILES string of the molecule is CCCCC(CC)C(NC)c1ccc(OCCC)c(Br)c1. The van der Waals surface area contributed by atoms with Crippen LogP contribution in [0.15, 0.2) is 22.7 Å². The summed E-state index contributed by atoms with van der Waals surface area (Å²) in [7, 11) is 2.06. The van der Waals surface area contributed by atoms with Crippen LogP contribution in [0.5, 0.6) is 5.75 Å². The normalized spacial score (nSPS) is 14.0. The van der Waals surface area contributed by atoms with Gasteiger partial charge in [-0.3, -0.25) is 0 Å². The third-order valence-corrected chi connectivity index (χ3v) is 4.63. The minimum Gasteiger partial charge on any atom is -0.492 e. The molecule has 2 nitrogen and oxygen atoms in total. The Bertz CT molecular complexity index is 408. The molecule has 3 heteroatoms. The van der Waals surface area contributed by atoms with Crippen LogP contribution < -0.4 is 10.1 Å². The largest absolute Gasteiger partial charge is 0.492 e. The van der Waals surface area contributed by atoms with E-state index in [1.807, 2.05) is 0 Å². The maximum absolute atomic E-state index is 5.74. The molecule has 0 amide bonds. The lowest BCUT2D eigenvalue weighted by Gasteiger charge is -2.27. The fourth-order valence-electron chi connectivity index (χ4n) is 2.79. The lowest BCUT2D eigenvalue weighted by Crippen LogP contribution is -2.25. The van der Waals surface area contributed by atoms with Gasteiger partial charge in [-0.15, -0.1) is 0 Å². The van der Waals surface area contributed by atoms with Crippen LogP contribution in [-0.2, 0) is 0 Å². The predicted molar refractivity (Wildman–Crippen MR) is 95.0 cm³/mol. The van der Waals surface area contributed by atoms with Crippen LogP contribution in [0.3, 0.4) is 0 Å². The molecular formula is C18H30BrNO. The van der Waals surface area contributed by atoms with E-state index < -0.39 is 0 Å². The molecule has 1 rings (SSSR count). The zero-order valence-corrected chi connectivity index (χ0v) is 15.5. The highest BCUT2D eigenvalue weighted by Crippen LogP contribution is 2.33. The van der Waals surface area contributed by atoms with Gasteiger partial charge in [-0.25, -0.2) is 0 Å². The van der Waals surface area contributed by atoms with E-state index >= 15 is 0 Å². The molecule has 0 aromatic heterocycles. The molecule has 0 aliphatic carbocycles. The highest BCUT2D eigenvalue weighted by atomic mass is 79.9. The molecule has 0 saturated heterocycles. The molecule has 1 aromatic rings. The molecule has 0 saturated carbocycles. The second-order valence-corrected chi connectivity index (χ2v) is 6.47. The Hall–Kier alpha value is -0.540. The van der Waals surface area contributed by atoms with Crippen molar-refractivity contribution in [2.75, 3.05) is 13.7 Å². The molecule has 0 radical (unpaired) electrons. The zero-order chi connectivity index (χ0) is 15.7. The summed E-state index contributed by atoms with van der Waals surface area (Å²) in [6.07, 6.45) is 6.08. The van der Waals surface area contributed by atoms with Crippen LogP contribution in [-0.4, -0.2) is 13.7 Å². The van der Waals surface area contributed by atoms with Crippen molar-refractivity contribution in [2.45, 2.75) is 58.9 Å². The minimum absolute atomic E-state index is 0.415. The number of benzene rings is 1. The molecule has 2 atom stereocenters. The number of halogens is 1. The first kappa shape index (κ1) is 18.5. The molecular weight excluding hydrogens is 326 g/mol. The van der Waals surface area contributed by atoms with E-state index in [0.29, 0.717) is 12.0 Å². The van der Waals surface area contributed by atoms with E-state index in [1.54, 1.807) is 0 Å². The van der Waals surface area contributed by atoms with Crippen LogP contribution >= 0.6 is 15.9 Å². The van der Waals surface area contributed by atoms with Gasteiger partial charge < -0.3 is 10.1 Å². The molecule has 0 aliphatic heterocycles. The number of rotatable bonds is 10. The van der Waals surface area contributed by atoms with Gasteiger partial charge in [-0.05, 0) is 59.4 Å². The molecule has 21 heavy (non-hydrogen) atoms. The number of hydrogen-bond acceptors (Lipinski definition) is 2. The summed E-state index contributed by atoms with van der Waals surface area (Å²) in [6, 6.07) is 6.91. The Labute approximate surface area is 138 Å². The van der Waals surface area contributed by atoms with Crippen molar-refractivity contribution in [2.24, 2.45) is 5.92 Å². The summed E-state index contributed by atoms with van der Waals surface area (Å²) < 4.78 is 6.79. The monoisotopic (exact) mass is 355 g/mol. The smallest absolute Gasteiger partial charge is 0.133 e. The van der Waals surface area contributed by atoms with E-state index in [2.05, 4.69) is 67.3 Å². The van der Waals surface area contributed by atoms with Gasteiger partial charge in [-0.1, -0.05) is 46.1 Å². The van der Waals surface area contributed by atoms with Crippen molar-refractivity contribution in [1.82, 2.24) is 5.32 Å². The van der Waals surface area contributed by atoms with Gasteiger partial charge in [0.15, 0.2) is 0 Å². The topological polar surface area (TPSA) is 21.3 Å². The van der Waals surface area contributed by atoms with Crippen LogP contribution in [0.4, 0.5) is 0 Å². The maximum atomic E-state index is 5.74. The Balaban J connectivity index is 2.86. The summed E-state index contributed by atoms with van der Waals surface area (Å²) >= 11 is 3.65. The third kappa shape index (κ3) is 5.63. The number of nitrogens with one attached hydrogen (secondary N) is 1. The van der Waals surface area contributed by atoms with Gasteiger partial charge in [0.1, 0.15) is 5.75 Å². The molecule has 120 valence electrons. The molecule has 0 fully saturated rings. The van der Waals surface area contributed by atoms with E-state index in [-0.39, 0.29) is 0 Å². The summed E-state index contributed by atoms with van der Waals surface area (Å²) in [6.45, 7) is 7.44. The van der Waals surface area contributed by atoms with Gasteiger partial charge in [0.2, 0.25) is 0 Å². The minimum atomic E-state index is 0.415. The summed E-state index contributed by atoms with van der Waals surface area (Å²) in [5.74, 6) is 1.63. The molecule has 0 spiro atoms. The quantitative estimate of drug-likeness (QED) is 0.579. The first-order valence-electron chi connectivity index (χ1n) is 8.27. The highest BCUT2D eigenvalue weighted by molar-refractivity contribution is 9.10. The van der Waals surface area contributed by atoms with Crippen molar-refractivity contribution in [1.29, 1.82) is 0 Å². The lowest BCUT2D eigenvalue weighted by atomic mass is 9.87. The van der Waals surface area contributed by atoms with E-state index in [9.17, 15) is 0 Å². The first-order valence-corrected chi connectivity index (χ1v) is 9.06. The van der Waals surface area contributed by atoms with Crippen molar-refractivity contribution < 1.29 is 4.74 Å². The van der Waals surface area contributed by atoms with Crippen LogP contribution in [0.1, 0.15) is 64.5 Å². The van der Waals surface area contributed by atoms with Gasteiger partial charge >= 0.3 is 0 Å². The van der Waals surface area contributed by atoms with E-state index in [1.165, 1.54) is 31.2 Å². The zero-order valence-electron chi connectivity index (χ0n) is 13.9. The van der Waals surface area contributed by atoms with Crippen molar-refractivity contribution in [3.8, 4) is 5.75 Å². The Morgan fingerprint density at radius 1 is 1.19 bits per heavy atom. The Kier molecular flexibility index (Phi) is 9.02. The number of unbranched alkanes of at least 4 members (excludes halogenated alkanes) is 1. The molecule has 0 bridgehead atoms. The first-order chi connectivity index (χ1) is 10.2. The van der Waals surface area contributed by atoms with Crippen LogP contribution in [0.25, 0.3) is 0 Å². The molecule has 1 N–H and O–H groups in total. The number of hydrogen-bond donors (Lipinski definition) is 1. The number of ether oxygens (including phenoxy) is 1. The molecule has 2 unspecified atom stereocenters. The third-order valence-electron chi connectivity index (χ3n) is 4.01. The van der Waals surface area contributed by atoms with Crippen molar-refractivity contribution in [3.05, 3.63) is 28.2 Å². The van der Waals surface area contributed by atoms with Gasteiger partial charge in [-0.2, -0.15) is 0 Å². The standard InChI is InChI=1S/C18H30BrNO/c1-5-8-9-14(7-3)18(20-4)15-10-11-17(16(19)13-15)21-12-6-2/h10-11,13-14,18,20H,5-9,12H2,1-4H3. The second kappa shape index (κ2) is 10.2. The maximum Gasteiger partial charge on any atom is 0.133 e. The van der Waals surface area contributed by atoms with Crippen LogP contribution in [0.2, 0.25) is 0 Å². The van der Waals surface area contributed by atoms with Gasteiger partial charge in [0.25, 0.3) is 0 Å². The Morgan fingerprint density at radius 3 is 2.48 bits per heavy atom. The van der Waals surface area contributed by atoms with E-state index in [4.69, 9.17) is 4.74 Å². The van der Waals surface area contributed by atoms with E-state index in [0.717, 1.165) is 23.2 Å². The second-order valence-electron chi connectivity index (χ2n) is 5.62. The average Bonchev–Trinajstić information content (AvgIpc) is 2.50. The highest BCUT2D eigenvalue weighted by Gasteiger charge is 2.20.